The molecule has 0 radical (unpaired) electrons. The van der Waals surface area contributed by atoms with Gasteiger partial charge in [0.2, 0.25) is 0 Å². The molecule has 1 fully saturated rings. The molecule has 1 aliphatic heterocycles. The van der Waals surface area contributed by atoms with Gasteiger partial charge in [0.15, 0.2) is 0 Å². The van der Waals surface area contributed by atoms with E-state index in [4.69, 9.17) is 0 Å². The zero-order valence-electron chi connectivity index (χ0n) is 11.7. The van der Waals surface area contributed by atoms with Crippen LogP contribution in [0.3, 0.4) is 0 Å². The molecule has 3 heterocycles. The minimum absolute atomic E-state index is 0.113. The molecule has 1 saturated heterocycles. The number of rotatable bonds is 3. The number of hydrogen-bond acceptors (Lipinski definition) is 5. The van der Waals surface area contributed by atoms with Gasteiger partial charge >= 0.3 is 0 Å². The topological polar surface area (TPSA) is 78.3 Å². The Bertz CT molecular complexity index is 625. The molecule has 3 rings (SSSR count). The zero-order valence-corrected chi connectivity index (χ0v) is 11.7. The Balaban J connectivity index is 1.76. The van der Waals surface area contributed by atoms with Crippen LogP contribution in [0.2, 0.25) is 0 Å². The van der Waals surface area contributed by atoms with Crippen molar-refractivity contribution < 1.29 is 0 Å². The second-order valence-corrected chi connectivity index (χ2v) is 5.36. The first-order chi connectivity index (χ1) is 9.74. The van der Waals surface area contributed by atoms with Crippen LogP contribution in [0.4, 0.5) is 0 Å². The van der Waals surface area contributed by atoms with Crippen molar-refractivity contribution in [2.24, 2.45) is 0 Å². The van der Waals surface area contributed by atoms with Gasteiger partial charge in [0.05, 0.1) is 5.69 Å². The molecule has 1 atom stereocenters. The van der Waals surface area contributed by atoms with Crippen LogP contribution in [0.25, 0.3) is 5.78 Å². The maximum absolute atomic E-state index is 11.9. The van der Waals surface area contributed by atoms with Gasteiger partial charge in [-0.3, -0.25) is 14.8 Å². The summed E-state index contributed by atoms with van der Waals surface area (Å²) < 4.78 is 1.35. The summed E-state index contributed by atoms with van der Waals surface area (Å²) in [5.41, 5.74) is 0.667. The SMILES string of the molecule is CN(Cc1cc(=O)n2[nH]cnc2n1)C1CCCNCC1. The normalized spacial score (nSPS) is 20.4. The zero-order chi connectivity index (χ0) is 13.9. The van der Waals surface area contributed by atoms with Crippen LogP contribution >= 0.6 is 0 Å². The Labute approximate surface area is 117 Å². The van der Waals surface area contributed by atoms with Crippen LogP contribution in [0.1, 0.15) is 25.0 Å². The molecule has 0 aromatic carbocycles. The number of aromatic amines is 1. The van der Waals surface area contributed by atoms with Crippen LogP contribution in [0, 0.1) is 0 Å². The molecule has 7 heteroatoms. The van der Waals surface area contributed by atoms with E-state index in [2.05, 4.69) is 32.3 Å². The summed E-state index contributed by atoms with van der Waals surface area (Å²) in [6, 6.07) is 2.13. The lowest BCUT2D eigenvalue weighted by Gasteiger charge is -2.26. The lowest BCUT2D eigenvalue weighted by atomic mass is 10.1. The van der Waals surface area contributed by atoms with Crippen molar-refractivity contribution in [3.8, 4) is 0 Å². The van der Waals surface area contributed by atoms with Gasteiger partial charge in [-0.05, 0) is 39.4 Å². The summed E-state index contributed by atoms with van der Waals surface area (Å²) in [6.45, 7) is 2.84. The number of nitrogens with zero attached hydrogens (tertiary/aromatic N) is 4. The molecule has 0 bridgehead atoms. The molecule has 2 aromatic heterocycles. The molecular formula is C13H20N6O. The number of H-pyrrole nitrogens is 1. The van der Waals surface area contributed by atoms with Crippen LogP contribution in [0.5, 0.6) is 0 Å². The molecule has 0 saturated carbocycles. The van der Waals surface area contributed by atoms with Crippen molar-refractivity contribution in [1.29, 1.82) is 0 Å². The van der Waals surface area contributed by atoms with E-state index in [9.17, 15) is 4.79 Å². The molecule has 108 valence electrons. The second kappa shape index (κ2) is 5.72. The van der Waals surface area contributed by atoms with Crippen molar-refractivity contribution in [1.82, 2.24) is 29.8 Å². The molecule has 20 heavy (non-hydrogen) atoms. The summed E-state index contributed by atoms with van der Waals surface area (Å²) in [4.78, 5) is 22.6. The Hall–Kier alpha value is -1.73. The quantitative estimate of drug-likeness (QED) is 0.824. The van der Waals surface area contributed by atoms with Crippen molar-refractivity contribution in [3.63, 3.8) is 0 Å². The highest BCUT2D eigenvalue weighted by molar-refractivity contribution is 5.25. The predicted octanol–water partition coefficient (Wildman–Crippen LogP) is -0.00850. The van der Waals surface area contributed by atoms with Crippen molar-refractivity contribution >= 4 is 5.78 Å². The fourth-order valence-corrected chi connectivity index (χ4v) is 2.78. The summed E-state index contributed by atoms with van der Waals surface area (Å²) in [5.74, 6) is 0.434. The Kier molecular flexibility index (Phi) is 3.79. The minimum Gasteiger partial charge on any atom is -0.317 e. The molecular weight excluding hydrogens is 256 g/mol. The minimum atomic E-state index is -0.113. The first-order valence-corrected chi connectivity index (χ1v) is 7.07. The summed E-state index contributed by atoms with van der Waals surface area (Å²) in [7, 11) is 2.10. The summed E-state index contributed by atoms with van der Waals surface area (Å²) in [6.07, 6.45) is 5.00. The molecule has 1 aliphatic rings. The van der Waals surface area contributed by atoms with Gasteiger partial charge < -0.3 is 5.32 Å². The molecule has 2 N–H and O–H groups in total. The summed E-state index contributed by atoms with van der Waals surface area (Å²) >= 11 is 0. The van der Waals surface area contributed by atoms with Crippen LogP contribution in [-0.4, -0.2) is 50.7 Å². The van der Waals surface area contributed by atoms with Crippen molar-refractivity contribution in [2.75, 3.05) is 20.1 Å². The molecule has 7 nitrogen and oxygen atoms in total. The molecule has 0 spiro atoms. The van der Waals surface area contributed by atoms with Gasteiger partial charge in [-0.25, -0.2) is 9.97 Å². The van der Waals surface area contributed by atoms with Crippen molar-refractivity contribution in [2.45, 2.75) is 31.8 Å². The number of aromatic nitrogens is 4. The highest BCUT2D eigenvalue weighted by Crippen LogP contribution is 2.13. The second-order valence-electron chi connectivity index (χ2n) is 5.36. The average molecular weight is 276 g/mol. The maximum Gasteiger partial charge on any atom is 0.274 e. The number of nitrogens with one attached hydrogen (secondary N) is 2. The Morgan fingerprint density at radius 2 is 2.35 bits per heavy atom. The van der Waals surface area contributed by atoms with Gasteiger partial charge in [0, 0.05) is 18.7 Å². The van der Waals surface area contributed by atoms with Crippen LogP contribution in [0.15, 0.2) is 17.2 Å². The predicted molar refractivity (Wildman–Crippen MR) is 75.6 cm³/mol. The number of fused-ring (bicyclic) bond motifs is 1. The lowest BCUT2D eigenvalue weighted by Crippen LogP contribution is -2.33. The largest absolute Gasteiger partial charge is 0.317 e. The molecule has 1 unspecified atom stereocenters. The van der Waals surface area contributed by atoms with E-state index in [0.29, 0.717) is 18.4 Å². The van der Waals surface area contributed by atoms with Crippen LogP contribution in [-0.2, 0) is 6.54 Å². The molecule has 0 aliphatic carbocycles. The number of hydrogen-bond donors (Lipinski definition) is 2. The fourth-order valence-electron chi connectivity index (χ4n) is 2.78. The standard InChI is InChI=1S/C13H20N6O/c1-18(11-3-2-5-14-6-4-11)8-10-7-12(20)19-13(17-10)15-9-16-19/h7,9,11,14H,2-6,8H2,1H3,(H,15,16,17). The monoisotopic (exact) mass is 276 g/mol. The van der Waals surface area contributed by atoms with E-state index in [-0.39, 0.29) is 5.56 Å². The smallest absolute Gasteiger partial charge is 0.274 e. The van der Waals surface area contributed by atoms with E-state index in [1.165, 1.54) is 23.7 Å². The van der Waals surface area contributed by atoms with Gasteiger partial charge in [-0.2, -0.15) is 4.52 Å². The highest BCUT2D eigenvalue weighted by atomic mass is 16.1. The maximum atomic E-state index is 11.9. The van der Waals surface area contributed by atoms with Gasteiger partial charge in [-0.1, -0.05) is 0 Å². The third kappa shape index (κ3) is 2.73. The van der Waals surface area contributed by atoms with E-state index in [0.717, 1.165) is 25.2 Å². The van der Waals surface area contributed by atoms with Gasteiger partial charge in [0.25, 0.3) is 11.3 Å². The van der Waals surface area contributed by atoms with E-state index < -0.39 is 0 Å². The lowest BCUT2D eigenvalue weighted by molar-refractivity contribution is 0.214. The van der Waals surface area contributed by atoms with E-state index in [1.54, 1.807) is 6.07 Å². The third-order valence-corrected chi connectivity index (χ3v) is 3.90. The highest BCUT2D eigenvalue weighted by Gasteiger charge is 2.17. The van der Waals surface area contributed by atoms with E-state index in [1.807, 2.05) is 0 Å². The molecule has 0 amide bonds. The average Bonchev–Trinajstić information content (AvgIpc) is 2.73. The Morgan fingerprint density at radius 1 is 1.45 bits per heavy atom. The van der Waals surface area contributed by atoms with E-state index >= 15 is 0 Å². The summed E-state index contributed by atoms with van der Waals surface area (Å²) in [5, 5.41) is 6.16. The van der Waals surface area contributed by atoms with Crippen molar-refractivity contribution in [3.05, 3.63) is 28.4 Å². The Morgan fingerprint density at radius 3 is 3.25 bits per heavy atom. The third-order valence-electron chi connectivity index (χ3n) is 3.90. The first-order valence-electron chi connectivity index (χ1n) is 7.07. The van der Waals surface area contributed by atoms with Gasteiger partial charge in [0.1, 0.15) is 6.33 Å². The van der Waals surface area contributed by atoms with Gasteiger partial charge in [-0.15, -0.1) is 0 Å². The first kappa shape index (κ1) is 13.3. The molecule has 2 aromatic rings. The fraction of sp³-hybridized carbons (Fsp3) is 0.615. The van der Waals surface area contributed by atoms with Crippen LogP contribution < -0.4 is 10.9 Å².